The standard InChI is InChI=1S/C24H26N5O4PS.C24H25N5OS.C23H24N5O5PS.C23H23N5O2S/c1-3-4-5-21-28-22-23(18-11-16(12-26-14-35)6-8-19(18)27-24(22)25)29(21)13-17-7-9-20(15(2)10-17)33-34(30,31)32;1-3-4-5-21-28-22-23(29(21)13-17-7-9-20(30)15(2)10-17)18-11-16(12-26-14-31)6-8-19(18)27-24(22)25;1-2-3-7-19-27-20-21(16-10-14(11-25-13-35)8-9-17(16)26-23(20)24)28(19)12-15-5-4-6-18(22(15)29)33-34(30,31)32;1-2-3-7-19-27-20-21(28(19)12-15-5-4-6-18(29)22(15)30)16-10-14(11-25-13-31)8-9-17(16)26-23(20)24/h6-11H,3-5,12-13H2,1-2H3,(H2,25,27)(H2,30,31,32);6-11,30H,3-5,12-13H2,1-2H3,(H2,25,27);4-6,8-10,29H,2-3,7,11-12H2,1H3,(H2,24,26)(H2,30,31,32);4-6,8-10,29-30H,2-3,7,11-12H2,1H3,(H2,24,26). The average Bonchev–Trinajstić information content (AvgIpc) is 1.60. The van der Waals surface area contributed by atoms with Crippen LogP contribution in [0.1, 0.15) is 158 Å². The van der Waals surface area contributed by atoms with Gasteiger partial charge in [0.1, 0.15) is 56.9 Å². The maximum absolute atomic E-state index is 11.3. The van der Waals surface area contributed by atoms with Gasteiger partial charge in [-0.1, -0.05) is 126 Å². The maximum Gasteiger partial charge on any atom is 0.524 e. The molecule has 0 fully saturated rings. The molecule has 0 radical (unpaired) electrons. The number of fused-ring (bicyclic) bond motifs is 12. The second-order valence-electron chi connectivity index (χ2n) is 31.6. The number of para-hydroxylation sites is 2. The summed E-state index contributed by atoms with van der Waals surface area (Å²) in [6, 6.07) is 43.9. The van der Waals surface area contributed by atoms with Gasteiger partial charge in [0.15, 0.2) is 46.3 Å². The summed E-state index contributed by atoms with van der Waals surface area (Å²) in [6.07, 6.45) is 11.0. The summed E-state index contributed by atoms with van der Waals surface area (Å²) >= 11 is 18.8. The number of phenolic OH excluding ortho intramolecular Hbond substituents is 4. The van der Waals surface area contributed by atoms with Gasteiger partial charge in [0.2, 0.25) is 0 Å². The summed E-state index contributed by atoms with van der Waals surface area (Å²) in [4.78, 5) is 90.5. The van der Waals surface area contributed by atoms with Crippen LogP contribution in [-0.2, 0) is 87.2 Å². The van der Waals surface area contributed by atoms with Crippen molar-refractivity contribution in [3.8, 4) is 34.5 Å². The number of phosphoric acid groups is 2. The number of nitrogen functional groups attached to an aromatic ring is 4. The van der Waals surface area contributed by atoms with Crippen molar-refractivity contribution in [1.29, 1.82) is 0 Å². The highest BCUT2D eigenvalue weighted by atomic mass is 32.1. The lowest BCUT2D eigenvalue weighted by Gasteiger charge is -2.15. The molecule has 0 amide bonds. The number of anilines is 4. The Hall–Kier alpha value is -13.2. The number of hydrogen-bond acceptors (Lipinski definition) is 28. The van der Waals surface area contributed by atoms with Gasteiger partial charge in [-0.25, -0.2) is 69.0 Å². The number of unbranched alkanes of at least 4 members (excludes halogenated alkanes) is 4. The van der Waals surface area contributed by atoms with Crippen LogP contribution in [0.3, 0.4) is 0 Å². The van der Waals surface area contributed by atoms with Crippen molar-refractivity contribution in [1.82, 2.24) is 58.1 Å². The van der Waals surface area contributed by atoms with Gasteiger partial charge in [-0.3, -0.25) is 19.6 Å². The zero-order chi connectivity index (χ0) is 94.2. The van der Waals surface area contributed by atoms with Crippen LogP contribution in [0.2, 0.25) is 0 Å². The van der Waals surface area contributed by atoms with E-state index < -0.39 is 15.6 Å². The second kappa shape index (κ2) is 43.2. The zero-order valence-electron chi connectivity index (χ0n) is 73.2. The van der Waals surface area contributed by atoms with Crippen LogP contribution in [0.15, 0.2) is 166 Å². The van der Waals surface area contributed by atoms with Crippen molar-refractivity contribution in [2.75, 3.05) is 22.9 Å². The minimum absolute atomic E-state index is 0.131. The van der Waals surface area contributed by atoms with E-state index in [2.05, 4.69) is 113 Å². The molecule has 32 nitrogen and oxygen atoms in total. The molecule has 8 aromatic heterocycles. The van der Waals surface area contributed by atoms with Gasteiger partial charge < -0.3 is 70.7 Å². The number of phosphoric ester groups is 2. The van der Waals surface area contributed by atoms with E-state index in [4.69, 9.17) is 106 Å². The molecule has 0 bridgehead atoms. The molecule has 0 aliphatic heterocycles. The molecule has 0 saturated carbocycles. The van der Waals surface area contributed by atoms with Gasteiger partial charge in [-0.15, -0.1) is 0 Å². The Balaban J connectivity index is 0.000000150. The number of aliphatic imine (C=N–C) groups is 4. The third-order valence-corrected chi connectivity index (χ3v) is 23.5. The number of nitrogens with two attached hydrogens (primary N) is 4. The molecule has 0 saturated heterocycles. The minimum atomic E-state index is -4.85. The predicted octanol–water partition coefficient (Wildman–Crippen LogP) is 19.0. The number of pyridine rings is 4. The van der Waals surface area contributed by atoms with E-state index in [9.17, 15) is 39.3 Å². The van der Waals surface area contributed by atoms with Crippen LogP contribution < -0.4 is 32.0 Å². The molecular formula is C94H98N20O12P2S4. The first-order valence-corrected chi connectivity index (χ1v) is 47.3. The number of phenols is 4. The number of aromatic hydroxyl groups is 4. The average molecular weight is 1890 g/mol. The monoisotopic (exact) mass is 1890 g/mol. The Morgan fingerprint density at radius 2 is 0.659 bits per heavy atom. The van der Waals surface area contributed by atoms with Gasteiger partial charge in [0, 0.05) is 71.4 Å². The van der Waals surface area contributed by atoms with Crippen LogP contribution in [0.5, 0.6) is 34.5 Å². The van der Waals surface area contributed by atoms with Crippen LogP contribution in [-0.4, -0.2) is 119 Å². The first-order valence-electron chi connectivity index (χ1n) is 42.6. The molecule has 0 spiro atoms. The van der Waals surface area contributed by atoms with Crippen molar-refractivity contribution < 1.29 is 58.2 Å². The largest absolute Gasteiger partial charge is 0.524 e. The number of thiocarbonyl (C=S) groups is 4. The van der Waals surface area contributed by atoms with E-state index in [1.807, 2.05) is 96.4 Å². The number of rotatable bonds is 32. The third kappa shape index (κ3) is 22.7. The second-order valence-corrected chi connectivity index (χ2v) is 34.7. The van der Waals surface area contributed by atoms with E-state index in [0.29, 0.717) is 114 Å². The topological polar surface area (TPSA) is 491 Å². The van der Waals surface area contributed by atoms with Crippen molar-refractivity contribution >= 4 is 196 Å². The van der Waals surface area contributed by atoms with E-state index in [-0.39, 0.29) is 41.1 Å². The number of isothiocyanates is 4. The molecule has 16 rings (SSSR count). The first kappa shape index (κ1) is 96.3. The van der Waals surface area contributed by atoms with E-state index >= 15 is 0 Å². The molecule has 680 valence electrons. The summed E-state index contributed by atoms with van der Waals surface area (Å²) in [6.45, 7) is 15.5. The summed E-state index contributed by atoms with van der Waals surface area (Å²) in [7, 11) is -9.49. The Labute approximate surface area is 780 Å². The molecule has 0 atom stereocenters. The lowest BCUT2D eigenvalue weighted by atomic mass is 10.1. The smallest absolute Gasteiger partial charge is 0.508 e. The molecule has 8 heterocycles. The molecule has 0 aliphatic carbocycles. The number of aromatic nitrogens is 12. The molecule has 8 aromatic carbocycles. The molecule has 132 heavy (non-hydrogen) atoms. The number of nitrogens with zero attached hydrogens (tertiary/aromatic N) is 16. The maximum atomic E-state index is 11.3. The Morgan fingerprint density at radius 3 is 0.977 bits per heavy atom. The normalized spacial score (nSPS) is 11.4. The fourth-order valence-electron chi connectivity index (χ4n) is 15.9. The number of imidazole rings is 4. The van der Waals surface area contributed by atoms with Crippen LogP contribution in [0.4, 0.5) is 23.3 Å². The Morgan fingerprint density at radius 1 is 0.356 bits per heavy atom. The molecule has 16 N–H and O–H groups in total. The lowest BCUT2D eigenvalue weighted by molar-refractivity contribution is 0.276. The summed E-state index contributed by atoms with van der Waals surface area (Å²) in [5.41, 5.74) is 42.6. The van der Waals surface area contributed by atoms with Crippen LogP contribution in [0, 0.1) is 13.8 Å². The highest BCUT2D eigenvalue weighted by Crippen LogP contribution is 2.45. The lowest BCUT2D eigenvalue weighted by Crippen LogP contribution is -2.07. The van der Waals surface area contributed by atoms with E-state index in [1.54, 1.807) is 49.4 Å². The first-order chi connectivity index (χ1) is 63.4. The van der Waals surface area contributed by atoms with Crippen molar-refractivity contribution in [2.24, 2.45) is 20.0 Å². The van der Waals surface area contributed by atoms with Crippen molar-refractivity contribution in [3.05, 3.63) is 225 Å². The van der Waals surface area contributed by atoms with Gasteiger partial charge >= 0.3 is 15.6 Å². The molecule has 16 aromatic rings. The summed E-state index contributed by atoms with van der Waals surface area (Å²) in [5, 5.41) is 54.2. The SMILES string of the molecule is CCCCc1nc2c(N)nc3ccc(CN=C=S)cc3c2n1Cc1ccc(O)c(C)c1.CCCCc1nc2c(N)nc3ccc(CN=C=S)cc3c2n1Cc1ccc(OP(=O)(O)O)c(C)c1.CCCCc1nc2c(N)nc3ccc(CN=C=S)cc3c2n1Cc1cccc(O)c1O.CCCCc1nc2c(N)nc3ccc(CN=C=S)cc3c2n1Cc1cccc(OP(=O)(O)O)c1O. The number of hydrogen-bond donors (Lipinski definition) is 12. The van der Waals surface area contributed by atoms with E-state index in [1.165, 1.54) is 12.1 Å². The summed E-state index contributed by atoms with van der Waals surface area (Å²) in [5.74, 6) is 4.47. The zero-order valence-corrected chi connectivity index (χ0v) is 78.3. The molecular weight excluding hydrogens is 1790 g/mol. The van der Waals surface area contributed by atoms with Gasteiger partial charge in [0.05, 0.1) is 104 Å². The van der Waals surface area contributed by atoms with Crippen molar-refractivity contribution in [3.63, 3.8) is 0 Å². The predicted molar refractivity (Wildman–Crippen MR) is 531 cm³/mol. The highest BCUT2D eigenvalue weighted by Gasteiger charge is 2.27. The Kier molecular flexibility index (Phi) is 31.5. The van der Waals surface area contributed by atoms with E-state index in [0.717, 1.165) is 199 Å². The van der Waals surface area contributed by atoms with Crippen molar-refractivity contribution in [2.45, 2.75) is 171 Å². The van der Waals surface area contributed by atoms with Gasteiger partial charge in [-0.2, -0.15) is 0 Å². The summed E-state index contributed by atoms with van der Waals surface area (Å²) < 4.78 is 40.4. The number of benzene rings is 8. The van der Waals surface area contributed by atoms with Gasteiger partial charge in [-0.05, 0) is 206 Å². The van der Waals surface area contributed by atoms with Crippen LogP contribution in [0.25, 0.3) is 87.7 Å². The Bertz CT molecular complexity index is 7400. The minimum Gasteiger partial charge on any atom is -0.508 e. The molecule has 0 unspecified atom stereocenters. The quantitative estimate of drug-likeness (QED) is 0.00806. The highest BCUT2D eigenvalue weighted by molar-refractivity contribution is 7.78. The van der Waals surface area contributed by atoms with Crippen LogP contribution >= 0.6 is 64.5 Å². The fraction of sp³-hybridized carbons (Fsp3) is 0.277. The third-order valence-electron chi connectivity index (χ3n) is 22.2. The molecule has 0 aliphatic rings. The molecule has 38 heteroatoms. The fourth-order valence-corrected chi connectivity index (χ4v) is 17.0. The van der Waals surface area contributed by atoms with Gasteiger partial charge in [0.25, 0.3) is 0 Å². The number of aryl methyl sites for hydroxylation is 6.